The summed E-state index contributed by atoms with van der Waals surface area (Å²) >= 11 is 0. The molecule has 0 unspecified atom stereocenters. The van der Waals surface area contributed by atoms with Gasteiger partial charge in [-0.05, 0) is 48.2 Å². The Labute approximate surface area is 126 Å². The van der Waals surface area contributed by atoms with Crippen LogP contribution < -0.4 is 15.4 Å². The van der Waals surface area contributed by atoms with E-state index in [1.807, 2.05) is 12.1 Å². The summed E-state index contributed by atoms with van der Waals surface area (Å²) in [7, 11) is 3.83. The average Bonchev–Trinajstić information content (AvgIpc) is 2.94. The van der Waals surface area contributed by atoms with Gasteiger partial charge in [0, 0.05) is 19.3 Å². The molecule has 0 atom stereocenters. The summed E-state index contributed by atoms with van der Waals surface area (Å²) < 4.78 is 5.23. The van der Waals surface area contributed by atoms with E-state index in [1.165, 1.54) is 16.8 Å². The third kappa shape index (κ3) is 2.38. The molecule has 0 saturated heterocycles. The summed E-state index contributed by atoms with van der Waals surface area (Å²) in [5.41, 5.74) is 10.2. The molecule has 0 radical (unpaired) electrons. The van der Waals surface area contributed by atoms with E-state index in [1.54, 1.807) is 7.11 Å². The van der Waals surface area contributed by atoms with Gasteiger partial charge in [0.15, 0.2) is 0 Å². The monoisotopic (exact) mass is 282 g/mol. The largest absolute Gasteiger partial charge is 0.497 e. The standard InChI is InChI=1S/C18H22N2O/c1-20(16-7-9-17(21-2)10-8-16)18(13-19)11-14-5-3-4-6-15(14)12-18/h3-10H,11-13,19H2,1-2H3. The van der Waals surface area contributed by atoms with Gasteiger partial charge in [0.2, 0.25) is 0 Å². The van der Waals surface area contributed by atoms with Crippen LogP contribution in [-0.4, -0.2) is 26.2 Å². The minimum absolute atomic E-state index is 0.0295. The lowest BCUT2D eigenvalue weighted by molar-refractivity contribution is 0.413. The maximum atomic E-state index is 6.18. The van der Waals surface area contributed by atoms with Crippen LogP contribution in [0, 0.1) is 0 Å². The summed E-state index contributed by atoms with van der Waals surface area (Å²) in [6.07, 6.45) is 2.00. The van der Waals surface area contributed by atoms with Gasteiger partial charge in [-0.3, -0.25) is 0 Å². The number of likely N-dealkylation sites (N-methyl/N-ethyl adjacent to an activating group) is 1. The fourth-order valence-corrected chi connectivity index (χ4v) is 3.27. The van der Waals surface area contributed by atoms with Crippen molar-refractivity contribution in [2.45, 2.75) is 18.4 Å². The lowest BCUT2D eigenvalue weighted by Crippen LogP contribution is -2.53. The molecule has 110 valence electrons. The molecule has 3 rings (SSSR count). The highest BCUT2D eigenvalue weighted by atomic mass is 16.5. The zero-order valence-electron chi connectivity index (χ0n) is 12.7. The topological polar surface area (TPSA) is 38.5 Å². The Morgan fingerprint density at radius 2 is 1.62 bits per heavy atom. The van der Waals surface area contributed by atoms with Gasteiger partial charge in [-0.25, -0.2) is 0 Å². The quantitative estimate of drug-likeness (QED) is 0.937. The molecule has 2 aromatic rings. The Bertz CT molecular complexity index is 596. The van der Waals surface area contributed by atoms with E-state index < -0.39 is 0 Å². The number of methoxy groups -OCH3 is 1. The number of hydrogen-bond donors (Lipinski definition) is 1. The van der Waals surface area contributed by atoms with Crippen molar-refractivity contribution in [3.63, 3.8) is 0 Å². The van der Waals surface area contributed by atoms with Gasteiger partial charge in [-0.2, -0.15) is 0 Å². The first-order valence-electron chi connectivity index (χ1n) is 7.33. The Kier molecular flexibility index (Phi) is 3.60. The van der Waals surface area contributed by atoms with Gasteiger partial charge in [-0.1, -0.05) is 24.3 Å². The molecule has 0 spiro atoms. The highest BCUT2D eigenvalue weighted by Gasteiger charge is 2.39. The molecule has 0 bridgehead atoms. The Balaban J connectivity index is 1.90. The predicted molar refractivity (Wildman–Crippen MR) is 87.0 cm³/mol. The first-order chi connectivity index (χ1) is 10.2. The maximum absolute atomic E-state index is 6.18. The Morgan fingerprint density at radius 1 is 1.05 bits per heavy atom. The number of hydrogen-bond acceptors (Lipinski definition) is 3. The molecule has 21 heavy (non-hydrogen) atoms. The highest BCUT2D eigenvalue weighted by molar-refractivity contribution is 5.54. The van der Waals surface area contributed by atoms with E-state index in [9.17, 15) is 0 Å². The number of benzene rings is 2. The number of anilines is 1. The average molecular weight is 282 g/mol. The summed E-state index contributed by atoms with van der Waals surface area (Å²) in [6, 6.07) is 16.8. The SMILES string of the molecule is COc1ccc(N(C)C2(CN)Cc3ccccc3C2)cc1. The van der Waals surface area contributed by atoms with Gasteiger partial charge in [-0.15, -0.1) is 0 Å². The van der Waals surface area contributed by atoms with Gasteiger partial charge < -0.3 is 15.4 Å². The fraction of sp³-hybridized carbons (Fsp3) is 0.333. The molecule has 3 nitrogen and oxygen atoms in total. The van der Waals surface area contributed by atoms with Crippen LogP contribution in [0.3, 0.4) is 0 Å². The third-order valence-electron chi connectivity index (χ3n) is 4.71. The van der Waals surface area contributed by atoms with Crippen LogP contribution >= 0.6 is 0 Å². The predicted octanol–water partition coefficient (Wildman–Crippen LogP) is 2.63. The first kappa shape index (κ1) is 14.0. The van der Waals surface area contributed by atoms with Crippen molar-refractivity contribution in [3.8, 4) is 5.75 Å². The van der Waals surface area contributed by atoms with E-state index >= 15 is 0 Å². The fourth-order valence-electron chi connectivity index (χ4n) is 3.27. The van der Waals surface area contributed by atoms with Crippen molar-refractivity contribution >= 4 is 5.69 Å². The van der Waals surface area contributed by atoms with Crippen molar-refractivity contribution in [3.05, 3.63) is 59.7 Å². The van der Waals surface area contributed by atoms with Crippen molar-refractivity contribution in [1.82, 2.24) is 0 Å². The minimum atomic E-state index is -0.0295. The lowest BCUT2D eigenvalue weighted by atomic mass is 9.93. The number of ether oxygens (including phenoxy) is 1. The second-order valence-electron chi connectivity index (χ2n) is 5.81. The molecule has 0 aliphatic heterocycles. The zero-order chi connectivity index (χ0) is 14.9. The molecule has 2 aromatic carbocycles. The summed E-state index contributed by atoms with van der Waals surface area (Å²) in [6.45, 7) is 0.643. The van der Waals surface area contributed by atoms with E-state index in [2.05, 4.69) is 48.3 Å². The normalized spacial score (nSPS) is 15.6. The minimum Gasteiger partial charge on any atom is -0.497 e. The molecule has 1 aliphatic carbocycles. The molecule has 1 aliphatic rings. The molecule has 3 heteroatoms. The van der Waals surface area contributed by atoms with Gasteiger partial charge in [0.05, 0.1) is 12.6 Å². The van der Waals surface area contributed by atoms with E-state index in [4.69, 9.17) is 10.5 Å². The molecular weight excluding hydrogens is 260 g/mol. The molecule has 0 amide bonds. The van der Waals surface area contributed by atoms with Crippen molar-refractivity contribution < 1.29 is 4.74 Å². The number of nitrogens with two attached hydrogens (primary N) is 1. The highest BCUT2D eigenvalue weighted by Crippen LogP contribution is 2.36. The van der Waals surface area contributed by atoms with E-state index in [-0.39, 0.29) is 5.54 Å². The Hall–Kier alpha value is -2.00. The zero-order valence-corrected chi connectivity index (χ0v) is 12.7. The first-order valence-corrected chi connectivity index (χ1v) is 7.33. The van der Waals surface area contributed by atoms with E-state index in [0.29, 0.717) is 6.54 Å². The maximum Gasteiger partial charge on any atom is 0.119 e. The molecular formula is C18H22N2O. The second kappa shape index (κ2) is 5.41. The molecule has 2 N–H and O–H groups in total. The summed E-state index contributed by atoms with van der Waals surface area (Å²) in [5.74, 6) is 0.878. The van der Waals surface area contributed by atoms with Crippen LogP contribution in [0.5, 0.6) is 5.75 Å². The number of rotatable bonds is 4. The van der Waals surface area contributed by atoms with Crippen molar-refractivity contribution in [2.75, 3.05) is 25.6 Å². The summed E-state index contributed by atoms with van der Waals surface area (Å²) in [5, 5.41) is 0. The molecule has 0 aromatic heterocycles. The Morgan fingerprint density at radius 3 is 2.10 bits per heavy atom. The molecule has 0 heterocycles. The number of fused-ring (bicyclic) bond motifs is 1. The second-order valence-corrected chi connectivity index (χ2v) is 5.81. The molecule has 0 saturated carbocycles. The van der Waals surface area contributed by atoms with Crippen LogP contribution in [0.2, 0.25) is 0 Å². The van der Waals surface area contributed by atoms with Crippen LogP contribution in [0.4, 0.5) is 5.69 Å². The van der Waals surface area contributed by atoms with Gasteiger partial charge in [0.25, 0.3) is 0 Å². The van der Waals surface area contributed by atoms with Crippen LogP contribution in [0.25, 0.3) is 0 Å². The smallest absolute Gasteiger partial charge is 0.119 e. The third-order valence-corrected chi connectivity index (χ3v) is 4.71. The number of nitrogens with zero attached hydrogens (tertiary/aromatic N) is 1. The van der Waals surface area contributed by atoms with Gasteiger partial charge >= 0.3 is 0 Å². The van der Waals surface area contributed by atoms with Gasteiger partial charge in [0.1, 0.15) is 5.75 Å². The van der Waals surface area contributed by atoms with Crippen LogP contribution in [0.1, 0.15) is 11.1 Å². The van der Waals surface area contributed by atoms with Crippen molar-refractivity contribution in [2.24, 2.45) is 5.73 Å². The van der Waals surface area contributed by atoms with Crippen LogP contribution in [-0.2, 0) is 12.8 Å². The summed E-state index contributed by atoms with van der Waals surface area (Å²) in [4.78, 5) is 2.33. The van der Waals surface area contributed by atoms with Crippen LogP contribution in [0.15, 0.2) is 48.5 Å². The molecule has 0 fully saturated rings. The lowest BCUT2D eigenvalue weighted by Gasteiger charge is -2.39. The van der Waals surface area contributed by atoms with Crippen molar-refractivity contribution in [1.29, 1.82) is 0 Å². The van der Waals surface area contributed by atoms with E-state index in [0.717, 1.165) is 18.6 Å².